The van der Waals surface area contributed by atoms with Gasteiger partial charge in [0.25, 0.3) is 5.91 Å². The molecule has 0 unspecified atom stereocenters. The molecule has 3 rings (SSSR count). The summed E-state index contributed by atoms with van der Waals surface area (Å²) in [5, 5.41) is 7.38. The van der Waals surface area contributed by atoms with Crippen LogP contribution in [0.4, 0.5) is 5.69 Å². The first-order valence-corrected chi connectivity index (χ1v) is 15.5. The molecular weight excluding hydrogens is 480 g/mol. The molecular formula is C26H40N4O3S2. The summed E-state index contributed by atoms with van der Waals surface area (Å²) in [5.74, 6) is 1.92. The number of anilines is 1. The number of aliphatic imine (C=N–C) groups is 1. The maximum Gasteiger partial charge on any atom is 0.253 e. The summed E-state index contributed by atoms with van der Waals surface area (Å²) < 4.78 is 27.5. The second kappa shape index (κ2) is 12.4. The highest BCUT2D eigenvalue weighted by atomic mass is 32.2. The number of amides is 1. The van der Waals surface area contributed by atoms with Crippen LogP contribution in [0.5, 0.6) is 0 Å². The fourth-order valence-electron chi connectivity index (χ4n) is 4.84. The molecule has 1 saturated heterocycles. The minimum Gasteiger partial charge on any atom is -0.388 e. The van der Waals surface area contributed by atoms with Gasteiger partial charge < -0.3 is 10.6 Å². The fourth-order valence-corrected chi connectivity index (χ4v) is 6.51. The van der Waals surface area contributed by atoms with Gasteiger partial charge in [-0.2, -0.15) is 16.1 Å². The first kappa shape index (κ1) is 27.7. The predicted octanol–water partition coefficient (Wildman–Crippen LogP) is 4.71. The molecule has 1 spiro atoms. The molecule has 0 atom stereocenters. The van der Waals surface area contributed by atoms with Gasteiger partial charge in [0.05, 0.1) is 0 Å². The van der Waals surface area contributed by atoms with E-state index in [2.05, 4.69) is 16.9 Å². The normalized spacial score (nSPS) is 18.3. The standard InChI is InChI=1S/C26H40N4O3S2/c1-20-18-22(27-3)19-21(2)23(20)11-17-35(32,33)30-14-12-26(13-15-30)25(31)28-24(29-26)10-8-6-5-7-9-16-34-4/h11,17-19,27H,5-10,12-16H2,1-4H3,(H,28,29,31). The van der Waals surface area contributed by atoms with E-state index in [4.69, 9.17) is 4.99 Å². The van der Waals surface area contributed by atoms with Gasteiger partial charge in [-0.25, -0.2) is 8.42 Å². The minimum atomic E-state index is -3.58. The van der Waals surface area contributed by atoms with Crippen LogP contribution in [-0.2, 0) is 14.8 Å². The Balaban J connectivity index is 1.55. The third-order valence-electron chi connectivity index (χ3n) is 6.99. The summed E-state index contributed by atoms with van der Waals surface area (Å²) in [7, 11) is -1.71. The molecule has 9 heteroatoms. The number of nitrogens with zero attached hydrogens (tertiary/aromatic N) is 2. The molecule has 0 saturated carbocycles. The van der Waals surface area contributed by atoms with E-state index in [-0.39, 0.29) is 5.91 Å². The van der Waals surface area contributed by atoms with Crippen LogP contribution in [0.15, 0.2) is 22.5 Å². The molecule has 2 heterocycles. The minimum absolute atomic E-state index is 0.0732. The molecule has 0 bridgehead atoms. The van der Waals surface area contributed by atoms with Gasteiger partial charge in [0.15, 0.2) is 0 Å². The fraction of sp³-hybridized carbons (Fsp3) is 0.615. The molecule has 2 aliphatic heterocycles. The van der Waals surface area contributed by atoms with Crippen LogP contribution in [0.3, 0.4) is 0 Å². The lowest BCUT2D eigenvalue weighted by Gasteiger charge is -2.34. The number of hydrogen-bond donors (Lipinski definition) is 2. The van der Waals surface area contributed by atoms with E-state index < -0.39 is 15.6 Å². The molecule has 1 amide bonds. The van der Waals surface area contributed by atoms with Gasteiger partial charge >= 0.3 is 0 Å². The van der Waals surface area contributed by atoms with E-state index in [1.807, 2.05) is 44.8 Å². The zero-order valence-corrected chi connectivity index (χ0v) is 23.2. The highest BCUT2D eigenvalue weighted by molar-refractivity contribution is 7.98. The van der Waals surface area contributed by atoms with Gasteiger partial charge in [0.2, 0.25) is 10.0 Å². The molecule has 7 nitrogen and oxygen atoms in total. The Bertz CT molecular complexity index is 1040. The Labute approximate surface area is 215 Å². The number of aryl methyl sites for hydroxylation is 2. The number of hydrogen-bond acceptors (Lipinski definition) is 6. The number of carbonyl (C=O) groups is 1. The molecule has 2 N–H and O–H groups in total. The Morgan fingerprint density at radius 1 is 1.11 bits per heavy atom. The quantitative estimate of drug-likeness (QED) is 0.390. The average Bonchev–Trinajstić information content (AvgIpc) is 3.12. The van der Waals surface area contributed by atoms with Crippen molar-refractivity contribution in [2.45, 2.75) is 70.8 Å². The van der Waals surface area contributed by atoms with Crippen molar-refractivity contribution in [2.24, 2.45) is 4.99 Å². The molecule has 0 aromatic heterocycles. The zero-order valence-electron chi connectivity index (χ0n) is 21.5. The van der Waals surface area contributed by atoms with Crippen molar-refractivity contribution < 1.29 is 13.2 Å². The van der Waals surface area contributed by atoms with E-state index in [1.165, 1.54) is 34.7 Å². The first-order chi connectivity index (χ1) is 16.7. The van der Waals surface area contributed by atoms with Crippen LogP contribution < -0.4 is 10.6 Å². The number of thioether (sulfide) groups is 1. The second-order valence-electron chi connectivity index (χ2n) is 9.58. The molecule has 1 aromatic rings. The lowest BCUT2D eigenvalue weighted by molar-refractivity contribution is -0.124. The van der Waals surface area contributed by atoms with Crippen molar-refractivity contribution in [3.8, 4) is 0 Å². The third-order valence-corrected chi connectivity index (χ3v) is 9.25. The smallest absolute Gasteiger partial charge is 0.253 e. The number of amidine groups is 1. The highest BCUT2D eigenvalue weighted by Gasteiger charge is 2.46. The number of rotatable bonds is 12. The number of benzene rings is 1. The molecule has 35 heavy (non-hydrogen) atoms. The molecule has 194 valence electrons. The van der Waals surface area contributed by atoms with E-state index in [1.54, 1.807) is 6.08 Å². The molecule has 0 aliphatic carbocycles. The first-order valence-electron chi connectivity index (χ1n) is 12.6. The largest absolute Gasteiger partial charge is 0.388 e. The summed E-state index contributed by atoms with van der Waals surface area (Å²) >= 11 is 1.89. The third kappa shape index (κ3) is 7.11. The van der Waals surface area contributed by atoms with Gasteiger partial charge in [-0.1, -0.05) is 19.3 Å². The summed E-state index contributed by atoms with van der Waals surface area (Å²) in [6.07, 6.45) is 11.3. The predicted molar refractivity (Wildman–Crippen MR) is 149 cm³/mol. The van der Waals surface area contributed by atoms with Crippen molar-refractivity contribution in [1.82, 2.24) is 9.62 Å². The number of unbranched alkanes of at least 4 members (excludes halogenated alkanes) is 4. The lowest BCUT2D eigenvalue weighted by atomic mass is 9.89. The van der Waals surface area contributed by atoms with Crippen LogP contribution >= 0.6 is 11.8 Å². The van der Waals surface area contributed by atoms with Crippen LogP contribution in [0.1, 0.15) is 68.1 Å². The maximum atomic E-state index is 13.0. The summed E-state index contributed by atoms with van der Waals surface area (Å²) in [6.45, 7) is 4.54. The molecule has 1 fully saturated rings. The van der Waals surface area contributed by atoms with E-state index in [0.29, 0.717) is 25.9 Å². The van der Waals surface area contributed by atoms with E-state index in [9.17, 15) is 13.2 Å². The van der Waals surface area contributed by atoms with Gasteiger partial charge in [0, 0.05) is 37.7 Å². The Kier molecular flexibility index (Phi) is 9.84. The molecule has 0 radical (unpaired) electrons. The van der Waals surface area contributed by atoms with Crippen molar-refractivity contribution >= 4 is 45.3 Å². The van der Waals surface area contributed by atoms with Crippen LogP contribution in [0.25, 0.3) is 6.08 Å². The Morgan fingerprint density at radius 3 is 2.37 bits per heavy atom. The SMILES string of the molecule is CNc1cc(C)c(C=CS(=O)(=O)N2CCC3(CC2)N=C(CCCCCCCSC)NC3=O)c(C)c1. The van der Waals surface area contributed by atoms with Crippen molar-refractivity contribution in [3.63, 3.8) is 0 Å². The van der Waals surface area contributed by atoms with E-state index in [0.717, 1.165) is 47.5 Å². The average molecular weight is 521 g/mol. The summed E-state index contributed by atoms with van der Waals surface area (Å²) in [6, 6.07) is 4.01. The number of nitrogens with one attached hydrogen (secondary N) is 2. The lowest BCUT2D eigenvalue weighted by Crippen LogP contribution is -2.50. The van der Waals surface area contributed by atoms with Gasteiger partial charge in [-0.15, -0.1) is 0 Å². The van der Waals surface area contributed by atoms with Crippen LogP contribution in [0.2, 0.25) is 0 Å². The second-order valence-corrected chi connectivity index (χ2v) is 12.4. The number of piperidine rings is 1. The van der Waals surface area contributed by atoms with Gasteiger partial charge in [-0.05, 0) is 86.4 Å². The molecule has 1 aromatic carbocycles. The Morgan fingerprint density at radius 2 is 1.74 bits per heavy atom. The van der Waals surface area contributed by atoms with E-state index >= 15 is 0 Å². The summed E-state index contributed by atoms with van der Waals surface area (Å²) in [4.78, 5) is 17.5. The number of sulfonamides is 1. The van der Waals surface area contributed by atoms with Crippen LogP contribution in [0, 0.1) is 13.8 Å². The van der Waals surface area contributed by atoms with Gasteiger partial charge in [-0.3, -0.25) is 9.79 Å². The monoisotopic (exact) mass is 520 g/mol. The number of carbonyl (C=O) groups excluding carboxylic acids is 1. The molecule has 2 aliphatic rings. The highest BCUT2D eigenvalue weighted by Crippen LogP contribution is 2.32. The summed E-state index contributed by atoms with van der Waals surface area (Å²) in [5.41, 5.74) is 3.14. The zero-order chi connectivity index (χ0) is 25.5. The Hall–Kier alpha value is -1.84. The van der Waals surface area contributed by atoms with Crippen LogP contribution in [-0.4, -0.2) is 62.2 Å². The van der Waals surface area contributed by atoms with Crippen molar-refractivity contribution in [3.05, 3.63) is 34.2 Å². The van der Waals surface area contributed by atoms with Gasteiger partial charge in [0.1, 0.15) is 11.4 Å². The maximum absolute atomic E-state index is 13.0. The topological polar surface area (TPSA) is 90.9 Å². The van der Waals surface area contributed by atoms with Crippen molar-refractivity contribution in [1.29, 1.82) is 0 Å². The van der Waals surface area contributed by atoms with Crippen molar-refractivity contribution in [2.75, 3.05) is 37.5 Å².